The predicted molar refractivity (Wildman–Crippen MR) is 151 cm³/mol. The second-order valence-corrected chi connectivity index (χ2v) is 9.33. The molecule has 1 heterocycles. The van der Waals surface area contributed by atoms with Crippen LogP contribution in [0.4, 0.5) is 15.8 Å². The third kappa shape index (κ3) is 6.67. The van der Waals surface area contributed by atoms with Crippen molar-refractivity contribution in [3.8, 4) is 11.5 Å². The first-order chi connectivity index (χ1) is 19.3. The zero-order valence-electron chi connectivity index (χ0n) is 22.0. The Hall–Kier alpha value is -4.64. The van der Waals surface area contributed by atoms with Crippen molar-refractivity contribution in [1.29, 1.82) is 0 Å². The fourth-order valence-corrected chi connectivity index (χ4v) is 4.80. The SMILES string of the molecule is CCN1C(=O)C(=Cc2ccc(OCC(=O)Nc3ccccc3F)c(OC)c2)SC1=Nc1cccc(C(=O)OC)c1. The van der Waals surface area contributed by atoms with Gasteiger partial charge in [0.2, 0.25) is 0 Å². The number of aliphatic imine (C=N–C) groups is 1. The normalized spacial score (nSPS) is 14.9. The Morgan fingerprint density at radius 2 is 1.85 bits per heavy atom. The van der Waals surface area contributed by atoms with Crippen molar-refractivity contribution in [3.05, 3.63) is 88.6 Å². The number of nitrogens with one attached hydrogen (secondary N) is 1. The molecule has 0 saturated carbocycles. The quantitative estimate of drug-likeness (QED) is 0.280. The monoisotopic (exact) mass is 563 g/mol. The first kappa shape index (κ1) is 28.4. The number of anilines is 1. The van der Waals surface area contributed by atoms with Crippen LogP contribution < -0.4 is 14.8 Å². The van der Waals surface area contributed by atoms with Crippen LogP contribution in [-0.4, -0.2) is 55.2 Å². The van der Waals surface area contributed by atoms with Crippen LogP contribution in [0.5, 0.6) is 11.5 Å². The fraction of sp³-hybridized carbons (Fsp3) is 0.172. The van der Waals surface area contributed by atoms with Gasteiger partial charge in [-0.05, 0) is 72.8 Å². The van der Waals surface area contributed by atoms with Crippen LogP contribution in [0.25, 0.3) is 6.08 Å². The average molecular weight is 564 g/mol. The molecule has 4 rings (SSSR count). The minimum atomic E-state index is -0.547. The number of ether oxygens (including phenoxy) is 3. The molecule has 11 heteroatoms. The highest BCUT2D eigenvalue weighted by molar-refractivity contribution is 8.18. The maximum atomic E-state index is 13.8. The second-order valence-electron chi connectivity index (χ2n) is 8.32. The molecule has 1 saturated heterocycles. The molecule has 0 radical (unpaired) electrons. The Balaban J connectivity index is 1.49. The molecule has 1 fully saturated rings. The summed E-state index contributed by atoms with van der Waals surface area (Å²) in [7, 11) is 2.76. The van der Waals surface area contributed by atoms with E-state index in [1.165, 1.54) is 44.2 Å². The number of para-hydroxylation sites is 1. The van der Waals surface area contributed by atoms with Gasteiger partial charge in [0.1, 0.15) is 5.82 Å². The average Bonchev–Trinajstić information content (AvgIpc) is 3.25. The lowest BCUT2D eigenvalue weighted by atomic mass is 10.2. The maximum Gasteiger partial charge on any atom is 0.337 e. The van der Waals surface area contributed by atoms with Crippen LogP contribution >= 0.6 is 11.8 Å². The van der Waals surface area contributed by atoms with E-state index in [9.17, 15) is 18.8 Å². The number of carbonyl (C=O) groups excluding carboxylic acids is 3. The Kier molecular flexibility index (Phi) is 9.18. The van der Waals surface area contributed by atoms with Gasteiger partial charge in [0, 0.05) is 6.54 Å². The Morgan fingerprint density at radius 3 is 2.58 bits per heavy atom. The molecular weight excluding hydrogens is 537 g/mol. The second kappa shape index (κ2) is 12.9. The van der Waals surface area contributed by atoms with Gasteiger partial charge >= 0.3 is 5.97 Å². The number of thioether (sulfide) groups is 1. The summed E-state index contributed by atoms with van der Waals surface area (Å²) in [4.78, 5) is 43.8. The highest BCUT2D eigenvalue weighted by Gasteiger charge is 2.32. The largest absolute Gasteiger partial charge is 0.493 e. The molecule has 0 unspecified atom stereocenters. The summed E-state index contributed by atoms with van der Waals surface area (Å²) >= 11 is 1.21. The minimum absolute atomic E-state index is 0.0592. The standard InChI is InChI=1S/C29H26FN3O6S/c1-4-33-27(35)25(40-29(33)31-20-9-7-8-19(16-20)28(36)38-3)15-18-12-13-23(24(14-18)37-2)39-17-26(34)32-22-11-6-5-10-21(22)30/h5-16H,4,17H2,1-3H3,(H,32,34). The smallest absolute Gasteiger partial charge is 0.337 e. The maximum absolute atomic E-state index is 13.8. The molecule has 0 spiro atoms. The van der Waals surface area contributed by atoms with Crippen molar-refractivity contribution in [2.24, 2.45) is 4.99 Å². The molecule has 40 heavy (non-hydrogen) atoms. The van der Waals surface area contributed by atoms with Gasteiger partial charge in [-0.2, -0.15) is 0 Å². The number of nitrogens with zero attached hydrogens (tertiary/aromatic N) is 2. The first-order valence-corrected chi connectivity index (χ1v) is 13.0. The zero-order chi connectivity index (χ0) is 28.6. The van der Waals surface area contributed by atoms with Crippen molar-refractivity contribution < 1.29 is 33.0 Å². The number of methoxy groups -OCH3 is 2. The summed E-state index contributed by atoms with van der Waals surface area (Å²) in [5.74, 6) is -1.10. The third-order valence-electron chi connectivity index (χ3n) is 5.69. The summed E-state index contributed by atoms with van der Waals surface area (Å²) in [6.07, 6.45) is 1.71. The van der Waals surface area contributed by atoms with E-state index in [4.69, 9.17) is 14.2 Å². The van der Waals surface area contributed by atoms with E-state index >= 15 is 0 Å². The number of rotatable bonds is 9. The summed E-state index contributed by atoms with van der Waals surface area (Å²) in [5, 5.41) is 2.94. The first-order valence-electron chi connectivity index (χ1n) is 12.2. The molecule has 0 bridgehead atoms. The highest BCUT2D eigenvalue weighted by atomic mass is 32.2. The van der Waals surface area contributed by atoms with E-state index in [0.29, 0.717) is 44.9 Å². The lowest BCUT2D eigenvalue weighted by molar-refractivity contribution is -0.122. The molecule has 206 valence electrons. The van der Waals surface area contributed by atoms with Gasteiger partial charge in [-0.1, -0.05) is 24.3 Å². The molecule has 9 nitrogen and oxygen atoms in total. The number of amidine groups is 1. The number of likely N-dealkylation sites (N-methyl/N-ethyl adjacent to an activating group) is 1. The van der Waals surface area contributed by atoms with Crippen molar-refractivity contribution in [1.82, 2.24) is 4.90 Å². The number of carbonyl (C=O) groups is 3. The molecule has 3 aromatic carbocycles. The van der Waals surface area contributed by atoms with Gasteiger partial charge in [-0.3, -0.25) is 14.5 Å². The number of amides is 2. The summed E-state index contributed by atoms with van der Waals surface area (Å²) < 4.78 is 29.6. The number of esters is 1. The van der Waals surface area contributed by atoms with E-state index in [0.717, 1.165) is 0 Å². The Labute approximate surface area is 234 Å². The van der Waals surface area contributed by atoms with Gasteiger partial charge in [0.25, 0.3) is 11.8 Å². The molecular formula is C29H26FN3O6S. The van der Waals surface area contributed by atoms with Gasteiger partial charge in [-0.15, -0.1) is 0 Å². The lowest BCUT2D eigenvalue weighted by Gasteiger charge is -2.12. The zero-order valence-corrected chi connectivity index (χ0v) is 22.8. The van der Waals surface area contributed by atoms with Crippen molar-refractivity contribution in [2.45, 2.75) is 6.92 Å². The Bertz CT molecular complexity index is 1510. The van der Waals surface area contributed by atoms with E-state index in [2.05, 4.69) is 10.3 Å². The van der Waals surface area contributed by atoms with Crippen molar-refractivity contribution >= 4 is 52.2 Å². The number of halogens is 1. The van der Waals surface area contributed by atoms with Gasteiger partial charge in [0.05, 0.1) is 36.1 Å². The van der Waals surface area contributed by atoms with Crippen LogP contribution in [0, 0.1) is 5.82 Å². The summed E-state index contributed by atoms with van der Waals surface area (Å²) in [6, 6.07) is 17.5. The van der Waals surface area contributed by atoms with E-state index in [1.54, 1.807) is 59.5 Å². The molecule has 1 aliphatic heterocycles. The number of hydrogen-bond donors (Lipinski definition) is 1. The van der Waals surface area contributed by atoms with Crippen LogP contribution in [-0.2, 0) is 14.3 Å². The molecule has 1 N–H and O–H groups in total. The summed E-state index contributed by atoms with van der Waals surface area (Å²) in [5.41, 5.74) is 1.60. The van der Waals surface area contributed by atoms with Crippen LogP contribution in [0.15, 0.2) is 76.6 Å². The molecule has 0 atom stereocenters. The molecule has 1 aliphatic rings. The van der Waals surface area contributed by atoms with Crippen molar-refractivity contribution in [2.75, 3.05) is 32.7 Å². The van der Waals surface area contributed by atoms with Crippen LogP contribution in [0.1, 0.15) is 22.8 Å². The van der Waals surface area contributed by atoms with Gasteiger partial charge in [0.15, 0.2) is 23.3 Å². The highest BCUT2D eigenvalue weighted by Crippen LogP contribution is 2.36. The molecule has 3 aromatic rings. The molecule has 0 aromatic heterocycles. The summed E-state index contributed by atoms with van der Waals surface area (Å²) in [6.45, 7) is 1.89. The number of hydrogen-bond acceptors (Lipinski definition) is 8. The van der Waals surface area contributed by atoms with Crippen LogP contribution in [0.2, 0.25) is 0 Å². The minimum Gasteiger partial charge on any atom is -0.493 e. The molecule has 2 amide bonds. The third-order valence-corrected chi connectivity index (χ3v) is 6.70. The van der Waals surface area contributed by atoms with Gasteiger partial charge in [-0.25, -0.2) is 14.2 Å². The van der Waals surface area contributed by atoms with Crippen molar-refractivity contribution in [3.63, 3.8) is 0 Å². The van der Waals surface area contributed by atoms with Gasteiger partial charge < -0.3 is 19.5 Å². The predicted octanol–water partition coefficient (Wildman–Crippen LogP) is 5.26. The van der Waals surface area contributed by atoms with E-state index in [-0.39, 0.29) is 18.2 Å². The fourth-order valence-electron chi connectivity index (χ4n) is 3.74. The molecule has 0 aliphatic carbocycles. The Morgan fingerprint density at radius 1 is 1.05 bits per heavy atom. The van der Waals surface area contributed by atoms with E-state index in [1.807, 2.05) is 6.92 Å². The lowest BCUT2D eigenvalue weighted by Crippen LogP contribution is -2.28. The van der Waals surface area contributed by atoms with Crippen LogP contribution in [0.3, 0.4) is 0 Å². The topological polar surface area (TPSA) is 107 Å². The number of benzene rings is 3. The van der Waals surface area contributed by atoms with E-state index < -0.39 is 17.7 Å².